The zero-order chi connectivity index (χ0) is 16.1. The molecule has 0 saturated carbocycles. The Bertz CT molecular complexity index is 810. The summed E-state index contributed by atoms with van der Waals surface area (Å²) in [6, 6.07) is 20.6. The van der Waals surface area contributed by atoms with Crippen molar-refractivity contribution in [1.82, 2.24) is 0 Å². The highest BCUT2D eigenvalue weighted by Gasteiger charge is 2.12. The van der Waals surface area contributed by atoms with Crippen LogP contribution in [-0.4, -0.2) is 5.91 Å². The van der Waals surface area contributed by atoms with Crippen molar-refractivity contribution in [2.24, 2.45) is 0 Å². The van der Waals surface area contributed by atoms with Gasteiger partial charge >= 0.3 is 0 Å². The number of anilines is 1. The minimum atomic E-state index is -0.146. The van der Waals surface area contributed by atoms with Crippen molar-refractivity contribution in [3.05, 3.63) is 95.3 Å². The Morgan fingerprint density at radius 1 is 0.958 bits per heavy atom. The maximum Gasteiger partial charge on any atom is 0.255 e. The van der Waals surface area contributed by atoms with E-state index in [2.05, 4.69) is 5.32 Å². The summed E-state index contributed by atoms with van der Waals surface area (Å²) in [5, 5.41) is 3.54. The monoisotopic (exact) mass is 402 g/mol. The lowest BCUT2D eigenvalue weighted by Gasteiger charge is -2.10. The van der Waals surface area contributed by atoms with Crippen LogP contribution in [0.5, 0.6) is 0 Å². The van der Waals surface area contributed by atoms with Gasteiger partial charge in [0.05, 0.1) is 5.69 Å². The summed E-state index contributed by atoms with van der Waals surface area (Å²) in [6.07, 6.45) is 3.97. The van der Waals surface area contributed by atoms with E-state index in [-0.39, 0.29) is 22.9 Å². The summed E-state index contributed by atoms with van der Waals surface area (Å²) in [4.78, 5) is 12.4. The van der Waals surface area contributed by atoms with Crippen molar-refractivity contribution in [1.29, 1.82) is 0 Å². The Kier molecular flexibility index (Phi) is 6.53. The summed E-state index contributed by atoms with van der Waals surface area (Å²) in [5.41, 5.74) is 2.34. The van der Waals surface area contributed by atoms with Crippen molar-refractivity contribution in [2.75, 3.05) is 5.32 Å². The summed E-state index contributed by atoms with van der Waals surface area (Å²) in [6.45, 7) is 0.655. The molecule has 0 atom stereocenters. The third-order valence-corrected chi connectivity index (χ3v) is 3.72. The molecule has 0 unspecified atom stereocenters. The largest absolute Gasteiger partial charge is 1.00 e. The van der Waals surface area contributed by atoms with Crippen LogP contribution in [0.3, 0.4) is 0 Å². The summed E-state index contributed by atoms with van der Waals surface area (Å²) < 4.78 is 2.04. The van der Waals surface area contributed by atoms with Gasteiger partial charge in [0.2, 0.25) is 0 Å². The topological polar surface area (TPSA) is 33.0 Å². The SMILES string of the molecule is O=C(Nc1cc(Cl)ccc1C[n+]1ccccc1)c1ccccc1.[Br-]. The fraction of sp³-hybridized carbons (Fsp3) is 0.0526. The maximum atomic E-state index is 12.4. The Morgan fingerprint density at radius 2 is 1.62 bits per heavy atom. The molecule has 1 amide bonds. The number of hydrogen-bond donors (Lipinski definition) is 1. The van der Waals surface area contributed by atoms with E-state index in [9.17, 15) is 4.79 Å². The van der Waals surface area contributed by atoms with Crippen LogP contribution in [-0.2, 0) is 6.54 Å². The van der Waals surface area contributed by atoms with Crippen LogP contribution in [0, 0.1) is 0 Å². The van der Waals surface area contributed by atoms with E-state index >= 15 is 0 Å². The second-order valence-electron chi connectivity index (χ2n) is 5.17. The summed E-state index contributed by atoms with van der Waals surface area (Å²) >= 11 is 6.09. The van der Waals surface area contributed by atoms with Gasteiger partial charge in [-0.1, -0.05) is 35.9 Å². The molecule has 1 aromatic heterocycles. The molecule has 3 aromatic rings. The summed E-state index contributed by atoms with van der Waals surface area (Å²) in [5.74, 6) is -0.146. The maximum absolute atomic E-state index is 12.4. The number of carbonyl (C=O) groups is 1. The molecule has 0 aliphatic heterocycles. The molecule has 2 aromatic carbocycles. The normalized spacial score (nSPS) is 9.88. The zero-order valence-corrected chi connectivity index (χ0v) is 15.2. The lowest BCUT2D eigenvalue weighted by Crippen LogP contribution is -3.00. The number of nitrogens with one attached hydrogen (secondary N) is 1. The molecule has 24 heavy (non-hydrogen) atoms. The average Bonchev–Trinajstić information content (AvgIpc) is 2.59. The quantitative estimate of drug-likeness (QED) is 0.646. The molecule has 1 heterocycles. The van der Waals surface area contributed by atoms with Gasteiger partial charge in [-0.2, -0.15) is 0 Å². The van der Waals surface area contributed by atoms with Gasteiger partial charge in [0, 0.05) is 28.3 Å². The van der Waals surface area contributed by atoms with E-state index in [1.54, 1.807) is 18.2 Å². The van der Waals surface area contributed by atoms with Crippen LogP contribution in [0.25, 0.3) is 0 Å². The second-order valence-corrected chi connectivity index (χ2v) is 5.61. The highest BCUT2D eigenvalue weighted by atomic mass is 79.9. The molecule has 0 spiro atoms. The highest BCUT2D eigenvalue weighted by Crippen LogP contribution is 2.21. The van der Waals surface area contributed by atoms with Crippen LogP contribution in [0.4, 0.5) is 5.69 Å². The highest BCUT2D eigenvalue weighted by molar-refractivity contribution is 6.31. The molecule has 0 aliphatic carbocycles. The molecule has 5 heteroatoms. The smallest absolute Gasteiger partial charge is 0.255 e. The Morgan fingerprint density at radius 3 is 2.33 bits per heavy atom. The van der Waals surface area contributed by atoms with Gasteiger partial charge in [0.15, 0.2) is 18.9 Å². The van der Waals surface area contributed by atoms with E-state index in [1.807, 2.05) is 65.5 Å². The van der Waals surface area contributed by atoms with Crippen molar-refractivity contribution >= 4 is 23.2 Å². The van der Waals surface area contributed by atoms with Crippen molar-refractivity contribution in [3.8, 4) is 0 Å². The van der Waals surface area contributed by atoms with Gasteiger partial charge in [0.25, 0.3) is 5.91 Å². The number of aromatic nitrogens is 1. The Balaban J connectivity index is 0.00000208. The molecule has 3 rings (SSSR count). The van der Waals surface area contributed by atoms with Crippen LogP contribution in [0.2, 0.25) is 5.02 Å². The first-order valence-corrected chi connectivity index (χ1v) is 7.69. The number of rotatable bonds is 4. The molecule has 0 radical (unpaired) electrons. The van der Waals surface area contributed by atoms with E-state index < -0.39 is 0 Å². The van der Waals surface area contributed by atoms with E-state index in [0.29, 0.717) is 17.1 Å². The number of amides is 1. The Labute approximate surface area is 156 Å². The van der Waals surface area contributed by atoms with Crippen molar-refractivity contribution < 1.29 is 26.3 Å². The fourth-order valence-corrected chi connectivity index (χ4v) is 2.50. The standard InChI is InChI=1S/C19H15ClN2O.BrH/c20-17-10-9-16(14-22-11-5-2-6-12-22)18(13-17)21-19(23)15-7-3-1-4-8-15;/h1-13H,14H2;1H. The molecular formula is C19H16BrClN2O. The third-order valence-electron chi connectivity index (χ3n) is 3.49. The molecule has 3 nitrogen and oxygen atoms in total. The third kappa shape index (κ3) is 4.66. The summed E-state index contributed by atoms with van der Waals surface area (Å²) in [7, 11) is 0. The zero-order valence-electron chi connectivity index (χ0n) is 12.8. The lowest BCUT2D eigenvalue weighted by molar-refractivity contribution is -0.688. The van der Waals surface area contributed by atoms with Crippen molar-refractivity contribution in [3.63, 3.8) is 0 Å². The molecule has 0 aliphatic rings. The molecule has 0 bridgehead atoms. The fourth-order valence-electron chi connectivity index (χ4n) is 2.32. The van der Waals surface area contributed by atoms with Crippen LogP contribution in [0.15, 0.2) is 79.1 Å². The molecule has 1 N–H and O–H groups in total. The van der Waals surface area contributed by atoms with Crippen molar-refractivity contribution in [2.45, 2.75) is 6.54 Å². The van der Waals surface area contributed by atoms with Crippen LogP contribution < -0.4 is 26.9 Å². The van der Waals surface area contributed by atoms with Crippen LogP contribution >= 0.6 is 11.6 Å². The van der Waals surface area contributed by atoms with Gasteiger partial charge in [0.1, 0.15) is 0 Å². The number of carbonyl (C=O) groups excluding carboxylic acids is 1. The van der Waals surface area contributed by atoms with Crippen LogP contribution in [0.1, 0.15) is 15.9 Å². The number of halogens is 2. The number of nitrogens with zero attached hydrogens (tertiary/aromatic N) is 1. The average molecular weight is 404 g/mol. The van der Waals surface area contributed by atoms with Gasteiger partial charge in [-0.25, -0.2) is 4.57 Å². The predicted octanol–water partition coefficient (Wildman–Crippen LogP) is 0.932. The van der Waals surface area contributed by atoms with Gasteiger partial charge in [-0.3, -0.25) is 4.79 Å². The molecule has 0 saturated heterocycles. The minimum absolute atomic E-state index is 0. The van der Waals surface area contributed by atoms with Gasteiger partial charge in [-0.15, -0.1) is 0 Å². The minimum Gasteiger partial charge on any atom is -1.00 e. The van der Waals surface area contributed by atoms with E-state index in [0.717, 1.165) is 11.3 Å². The Hall–Kier alpha value is -2.17. The molecular weight excluding hydrogens is 388 g/mol. The number of pyridine rings is 1. The second kappa shape index (κ2) is 8.62. The van der Waals surface area contributed by atoms with Gasteiger partial charge in [-0.05, 0) is 30.3 Å². The number of hydrogen-bond acceptors (Lipinski definition) is 1. The van der Waals surface area contributed by atoms with E-state index in [1.165, 1.54) is 0 Å². The molecule has 122 valence electrons. The first-order chi connectivity index (χ1) is 11.2. The van der Waals surface area contributed by atoms with E-state index in [4.69, 9.17) is 11.6 Å². The molecule has 0 fully saturated rings. The lowest BCUT2D eigenvalue weighted by atomic mass is 10.1. The first-order valence-electron chi connectivity index (χ1n) is 7.31. The van der Waals surface area contributed by atoms with Gasteiger partial charge < -0.3 is 22.3 Å². The first kappa shape index (κ1) is 18.2. The predicted molar refractivity (Wildman–Crippen MR) is 91.6 cm³/mol. The number of benzene rings is 2.